The molecule has 118 valence electrons. The molecule has 0 bridgehead atoms. The van der Waals surface area contributed by atoms with Crippen LogP contribution in [-0.4, -0.2) is 7.11 Å². The summed E-state index contributed by atoms with van der Waals surface area (Å²) in [6.45, 7) is 5.17. The van der Waals surface area contributed by atoms with Gasteiger partial charge >= 0.3 is 6.72 Å². The Balaban J connectivity index is 2.26. The zero-order chi connectivity index (χ0) is 16.3. The van der Waals surface area contributed by atoms with Gasteiger partial charge in [-0.3, -0.25) is 4.52 Å². The molecule has 0 aromatic heterocycles. The van der Waals surface area contributed by atoms with Crippen molar-refractivity contribution in [3.8, 4) is 11.5 Å². The van der Waals surface area contributed by atoms with E-state index in [1.165, 1.54) is 7.11 Å². The van der Waals surface area contributed by atoms with E-state index in [4.69, 9.17) is 25.4 Å². The molecule has 3 nitrogen and oxygen atoms in total. The first kappa shape index (κ1) is 17.0. The first-order valence-electron chi connectivity index (χ1n) is 7.01. The predicted molar refractivity (Wildman–Crippen MR) is 94.4 cm³/mol. The largest absolute Gasteiger partial charge is 0.434 e. The highest BCUT2D eigenvalue weighted by Crippen LogP contribution is 2.49. The van der Waals surface area contributed by atoms with Crippen molar-refractivity contribution in [3.63, 3.8) is 0 Å². The van der Waals surface area contributed by atoms with Crippen LogP contribution >= 0.6 is 6.72 Å². The summed E-state index contributed by atoms with van der Waals surface area (Å²) in [6, 6.07) is 11.9. The van der Waals surface area contributed by atoms with E-state index < -0.39 is 6.72 Å². The Hall–Kier alpha value is -1.35. The highest BCUT2D eigenvalue weighted by molar-refractivity contribution is 8.07. The van der Waals surface area contributed by atoms with Crippen molar-refractivity contribution in [1.29, 1.82) is 0 Å². The van der Waals surface area contributed by atoms with Crippen LogP contribution in [0, 0.1) is 27.7 Å². The van der Waals surface area contributed by atoms with E-state index in [0.717, 1.165) is 22.3 Å². The second-order valence-electron chi connectivity index (χ2n) is 5.46. The predicted octanol–water partition coefficient (Wildman–Crippen LogP) is 5.25. The minimum Gasteiger partial charge on any atom is -0.416 e. The molecule has 0 radical (unpaired) electrons. The molecule has 0 saturated heterocycles. The van der Waals surface area contributed by atoms with Crippen LogP contribution in [0.15, 0.2) is 36.4 Å². The normalized spacial score (nSPS) is 11.3. The Bertz CT molecular complexity index is 630. The van der Waals surface area contributed by atoms with Crippen LogP contribution in [0.2, 0.25) is 0 Å². The van der Waals surface area contributed by atoms with Crippen LogP contribution in [-0.2, 0) is 16.3 Å². The Morgan fingerprint density at radius 1 is 0.682 bits per heavy atom. The molecule has 0 spiro atoms. The average molecular weight is 336 g/mol. The number of benzene rings is 2. The van der Waals surface area contributed by atoms with Crippen molar-refractivity contribution in [1.82, 2.24) is 0 Å². The Kier molecular flexibility index (Phi) is 5.28. The Morgan fingerprint density at radius 3 is 1.27 bits per heavy atom. The first-order valence-corrected chi connectivity index (χ1v) is 9.57. The fraction of sp³-hybridized carbons (Fsp3) is 0.294. The highest BCUT2D eigenvalue weighted by atomic mass is 32.5. The third kappa shape index (κ3) is 4.57. The van der Waals surface area contributed by atoms with Gasteiger partial charge in [0.15, 0.2) is 0 Å². The summed E-state index contributed by atoms with van der Waals surface area (Å²) in [5, 5.41) is 0. The van der Waals surface area contributed by atoms with E-state index in [2.05, 4.69) is 12.1 Å². The molecule has 0 fully saturated rings. The van der Waals surface area contributed by atoms with Crippen molar-refractivity contribution >= 4 is 18.5 Å². The van der Waals surface area contributed by atoms with Gasteiger partial charge in [0.05, 0.1) is 0 Å². The maximum Gasteiger partial charge on any atom is 0.434 e. The minimum absolute atomic E-state index is 0.673. The molecule has 2 aromatic carbocycles. The molecule has 0 atom stereocenters. The van der Waals surface area contributed by atoms with E-state index >= 15 is 0 Å². The van der Waals surface area contributed by atoms with Crippen LogP contribution < -0.4 is 9.05 Å². The van der Waals surface area contributed by atoms with Crippen LogP contribution in [0.4, 0.5) is 0 Å². The van der Waals surface area contributed by atoms with E-state index in [0.29, 0.717) is 11.5 Å². The van der Waals surface area contributed by atoms with Crippen LogP contribution in [0.3, 0.4) is 0 Å². The lowest BCUT2D eigenvalue weighted by Gasteiger charge is -2.22. The quantitative estimate of drug-likeness (QED) is 0.697. The molecule has 0 N–H and O–H groups in total. The zero-order valence-corrected chi connectivity index (χ0v) is 15.3. The molecule has 0 aliphatic carbocycles. The second kappa shape index (κ2) is 6.82. The van der Waals surface area contributed by atoms with Crippen LogP contribution in [0.5, 0.6) is 11.5 Å². The topological polar surface area (TPSA) is 27.7 Å². The van der Waals surface area contributed by atoms with Crippen LogP contribution in [0.1, 0.15) is 22.3 Å². The molecule has 0 heterocycles. The van der Waals surface area contributed by atoms with Crippen molar-refractivity contribution in [2.75, 3.05) is 7.11 Å². The summed E-state index contributed by atoms with van der Waals surface area (Å²) in [5.74, 6) is 1.35. The van der Waals surface area contributed by atoms with Gasteiger partial charge in [0, 0.05) is 18.9 Å². The van der Waals surface area contributed by atoms with E-state index in [-0.39, 0.29) is 0 Å². The molecule has 0 saturated carbocycles. The van der Waals surface area contributed by atoms with Crippen molar-refractivity contribution in [2.45, 2.75) is 27.7 Å². The maximum atomic E-state index is 5.88. The van der Waals surface area contributed by atoms with Crippen LogP contribution in [0.25, 0.3) is 0 Å². The summed E-state index contributed by atoms with van der Waals surface area (Å²) >= 11 is 5.48. The van der Waals surface area contributed by atoms with E-state index in [1.54, 1.807) is 0 Å². The monoisotopic (exact) mass is 336 g/mol. The smallest absolute Gasteiger partial charge is 0.416 e. The lowest BCUT2D eigenvalue weighted by Crippen LogP contribution is -2.03. The number of rotatable bonds is 5. The first-order chi connectivity index (χ1) is 10.3. The SMILES string of the molecule is COP(=S)(Oc1cc(C)cc(C)c1)Oc1cc(C)cc(C)c1. The lowest BCUT2D eigenvalue weighted by molar-refractivity contribution is 0.319. The fourth-order valence-corrected chi connectivity index (χ4v) is 3.75. The molecule has 2 rings (SSSR count). The summed E-state index contributed by atoms with van der Waals surface area (Å²) in [5.41, 5.74) is 4.44. The molecular formula is C17H21O3PS. The standard InChI is InChI=1S/C17H21O3PS/c1-12-6-13(2)9-16(8-12)19-21(22,18-5)20-17-10-14(3)7-15(4)11-17/h6-11H,1-5H3. The fourth-order valence-electron chi connectivity index (χ4n) is 2.32. The molecule has 0 aliphatic rings. The maximum absolute atomic E-state index is 5.88. The Labute approximate surface area is 137 Å². The van der Waals surface area contributed by atoms with Crippen molar-refractivity contribution in [3.05, 3.63) is 58.7 Å². The summed E-state index contributed by atoms with van der Waals surface area (Å²) in [6.07, 6.45) is 0. The van der Waals surface area contributed by atoms with E-state index in [9.17, 15) is 0 Å². The van der Waals surface area contributed by atoms with Gasteiger partial charge in [0.2, 0.25) is 0 Å². The summed E-state index contributed by atoms with van der Waals surface area (Å²) in [7, 11) is 1.52. The lowest BCUT2D eigenvalue weighted by atomic mass is 10.1. The third-order valence-corrected chi connectivity index (χ3v) is 5.26. The number of hydrogen-bond donors (Lipinski definition) is 0. The Morgan fingerprint density at radius 2 is 1.00 bits per heavy atom. The molecule has 0 aliphatic heterocycles. The second-order valence-corrected chi connectivity index (χ2v) is 8.43. The molecule has 0 amide bonds. The number of hydrogen-bond acceptors (Lipinski definition) is 4. The van der Waals surface area contributed by atoms with Gasteiger partial charge < -0.3 is 9.05 Å². The van der Waals surface area contributed by atoms with Crippen molar-refractivity contribution < 1.29 is 13.6 Å². The van der Waals surface area contributed by atoms with Gasteiger partial charge in [-0.15, -0.1) is 0 Å². The van der Waals surface area contributed by atoms with Gasteiger partial charge in [-0.05, 0) is 74.2 Å². The van der Waals surface area contributed by atoms with E-state index in [1.807, 2.05) is 52.0 Å². The van der Waals surface area contributed by atoms with Gasteiger partial charge in [0.25, 0.3) is 0 Å². The van der Waals surface area contributed by atoms with Gasteiger partial charge in [-0.1, -0.05) is 12.1 Å². The third-order valence-electron chi connectivity index (χ3n) is 3.05. The molecule has 22 heavy (non-hydrogen) atoms. The number of aryl methyl sites for hydroxylation is 4. The highest BCUT2D eigenvalue weighted by Gasteiger charge is 2.23. The molecule has 5 heteroatoms. The molecule has 2 aromatic rings. The summed E-state index contributed by atoms with van der Waals surface area (Å²) in [4.78, 5) is 0. The van der Waals surface area contributed by atoms with Crippen molar-refractivity contribution in [2.24, 2.45) is 0 Å². The molecular weight excluding hydrogens is 315 g/mol. The average Bonchev–Trinajstić information content (AvgIpc) is 2.35. The summed E-state index contributed by atoms with van der Waals surface area (Å²) < 4.78 is 17.1. The van der Waals surface area contributed by atoms with Gasteiger partial charge in [-0.2, -0.15) is 0 Å². The zero-order valence-electron chi connectivity index (χ0n) is 13.5. The van der Waals surface area contributed by atoms with Gasteiger partial charge in [0.1, 0.15) is 11.5 Å². The van der Waals surface area contributed by atoms with Gasteiger partial charge in [-0.25, -0.2) is 0 Å². The minimum atomic E-state index is -2.89. The molecule has 0 unspecified atom stereocenters.